The number of ether oxygens (including phenoxy) is 1. The topological polar surface area (TPSA) is 70.8 Å². The van der Waals surface area contributed by atoms with Crippen molar-refractivity contribution >= 4 is 16.9 Å². The number of hydrogen-bond donors (Lipinski definition) is 1. The first kappa shape index (κ1) is 19.7. The lowest BCUT2D eigenvalue weighted by Gasteiger charge is -2.44. The molecular weight excluding hydrogens is 466 g/mol. The molecule has 4 heterocycles. The van der Waals surface area contributed by atoms with Gasteiger partial charge in [0, 0.05) is 60.3 Å². The summed E-state index contributed by atoms with van der Waals surface area (Å²) in [4.78, 5) is 21.1. The quantitative estimate of drug-likeness (QED) is 0.561. The third-order valence-electron chi connectivity index (χ3n) is 7.06. The summed E-state index contributed by atoms with van der Waals surface area (Å²) >= 11 is 0. The van der Waals surface area contributed by atoms with E-state index >= 15 is 0 Å². The van der Waals surface area contributed by atoms with Crippen LogP contribution >= 0.6 is 0 Å². The molecule has 2 atom stereocenters. The zero-order chi connectivity index (χ0) is 27.7. The Morgan fingerprint density at radius 1 is 1.31 bits per heavy atom. The minimum absolute atomic E-state index is 0.0187. The number of aromatic nitrogens is 2. The molecule has 0 saturated carbocycles. The second kappa shape index (κ2) is 8.29. The first-order chi connectivity index (χ1) is 18.4. The van der Waals surface area contributed by atoms with Crippen LogP contribution < -0.4 is 4.74 Å². The van der Waals surface area contributed by atoms with Crippen LogP contribution in [0.2, 0.25) is 0 Å². The molecule has 0 unspecified atom stereocenters. The molecule has 3 aliphatic rings. The molecule has 2 bridgehead atoms. The summed E-state index contributed by atoms with van der Waals surface area (Å²) in [7, 11) is 0. The van der Waals surface area contributed by atoms with E-state index in [1.165, 1.54) is 18.2 Å². The Balaban J connectivity index is 1.42. The number of carbonyl (C=O) groups excluding carboxylic acids is 1. The Morgan fingerprint density at radius 3 is 2.89 bits per heavy atom. The van der Waals surface area contributed by atoms with E-state index in [1.54, 1.807) is 13.0 Å². The van der Waals surface area contributed by atoms with Gasteiger partial charge >= 0.3 is 6.61 Å². The van der Waals surface area contributed by atoms with Gasteiger partial charge < -0.3 is 19.3 Å². The highest BCUT2D eigenvalue weighted by Crippen LogP contribution is 2.49. The molecule has 3 aromatic rings. The number of fused-ring (bicyclic) bond motifs is 9. The second-order valence-corrected chi connectivity index (χ2v) is 9.84. The summed E-state index contributed by atoms with van der Waals surface area (Å²) in [5.74, 6) is 5.75. The Bertz CT molecular complexity index is 1530. The van der Waals surface area contributed by atoms with Crippen LogP contribution in [0, 0.1) is 11.8 Å². The van der Waals surface area contributed by atoms with Crippen LogP contribution in [0.1, 0.15) is 63.3 Å². The van der Waals surface area contributed by atoms with Gasteiger partial charge in [-0.25, -0.2) is 4.98 Å². The molecule has 0 spiro atoms. The van der Waals surface area contributed by atoms with E-state index in [2.05, 4.69) is 21.7 Å². The first-order valence-corrected chi connectivity index (χ1v) is 11.8. The Kier molecular flexibility index (Phi) is 4.53. The van der Waals surface area contributed by atoms with Gasteiger partial charge in [-0.2, -0.15) is 8.78 Å². The molecule has 36 heavy (non-hydrogen) atoms. The number of hydrogen-bond acceptors (Lipinski definition) is 5. The van der Waals surface area contributed by atoms with Gasteiger partial charge in [-0.1, -0.05) is 17.9 Å². The molecule has 1 N–H and O–H groups in total. The number of alkyl halides is 2. The largest absolute Gasteiger partial charge is 0.434 e. The third-order valence-corrected chi connectivity index (χ3v) is 7.06. The van der Waals surface area contributed by atoms with Crippen molar-refractivity contribution < 1.29 is 27.5 Å². The highest BCUT2D eigenvalue weighted by atomic mass is 19.3. The fourth-order valence-electron chi connectivity index (χ4n) is 5.64. The van der Waals surface area contributed by atoms with Crippen LogP contribution in [-0.4, -0.2) is 69.2 Å². The molecule has 6 rings (SSSR count). The fraction of sp³-hybridized carbons (Fsp3) is 0.407. The minimum atomic E-state index is -3.12. The minimum Gasteiger partial charge on any atom is -0.434 e. The van der Waals surface area contributed by atoms with Crippen molar-refractivity contribution in [1.29, 1.82) is 0 Å². The number of rotatable bonds is 4. The van der Waals surface area contributed by atoms with Crippen LogP contribution in [0.3, 0.4) is 0 Å². The first-order valence-electron chi connectivity index (χ1n) is 13.3. The normalized spacial score (nSPS) is 23.6. The average molecular weight is 496 g/mol. The van der Waals surface area contributed by atoms with Gasteiger partial charge in [-0.05, 0) is 37.3 Å². The van der Waals surface area contributed by atoms with Gasteiger partial charge in [0.05, 0.1) is 28.7 Å². The maximum Gasteiger partial charge on any atom is 0.387 e. The number of benzene rings is 2. The number of nitrogens with zero attached hydrogens (tertiary/aromatic N) is 4. The van der Waals surface area contributed by atoms with Gasteiger partial charge in [-0.3, -0.25) is 9.69 Å². The van der Waals surface area contributed by atoms with Crippen LogP contribution in [-0.2, 0) is 0 Å². The van der Waals surface area contributed by atoms with Crippen molar-refractivity contribution in [2.24, 2.45) is 0 Å². The van der Waals surface area contributed by atoms with Gasteiger partial charge in [0.25, 0.3) is 5.91 Å². The van der Waals surface area contributed by atoms with Crippen LogP contribution in [0.5, 0.6) is 5.75 Å². The molecule has 2 aromatic carbocycles. The Morgan fingerprint density at radius 2 is 2.14 bits per heavy atom. The molecule has 9 heteroatoms. The van der Waals surface area contributed by atoms with Gasteiger partial charge in [0.15, 0.2) is 0 Å². The van der Waals surface area contributed by atoms with Crippen LogP contribution in [0.4, 0.5) is 8.78 Å². The highest BCUT2D eigenvalue weighted by molar-refractivity contribution is 5.97. The summed E-state index contributed by atoms with van der Waals surface area (Å²) in [6.07, 6.45) is 0.787. The zero-order valence-electron chi connectivity index (χ0n) is 22.5. The van der Waals surface area contributed by atoms with Crippen molar-refractivity contribution in [3.8, 4) is 17.6 Å². The Labute approximate surface area is 211 Å². The molecule has 0 aliphatic carbocycles. The smallest absolute Gasteiger partial charge is 0.387 e. The van der Waals surface area contributed by atoms with E-state index in [9.17, 15) is 18.7 Å². The van der Waals surface area contributed by atoms with E-state index in [0.29, 0.717) is 36.4 Å². The van der Waals surface area contributed by atoms with Crippen molar-refractivity contribution in [3.63, 3.8) is 0 Å². The summed E-state index contributed by atoms with van der Waals surface area (Å²) in [6, 6.07) is 8.16. The maximum absolute atomic E-state index is 13.5. The molecule has 1 fully saturated rings. The molecular formula is C27H26F2N4O3. The van der Waals surface area contributed by atoms with Crippen LogP contribution in [0.25, 0.3) is 11.0 Å². The zero-order valence-corrected chi connectivity index (χ0v) is 19.5. The number of carbonyl (C=O) groups is 1. The average Bonchev–Trinajstić information content (AvgIpc) is 3.32. The number of amides is 1. The van der Waals surface area contributed by atoms with E-state index in [1.807, 2.05) is 16.7 Å². The monoisotopic (exact) mass is 495 g/mol. The molecule has 3 aliphatic heterocycles. The van der Waals surface area contributed by atoms with Crippen molar-refractivity contribution in [2.45, 2.75) is 44.1 Å². The maximum atomic E-state index is 13.5. The van der Waals surface area contributed by atoms with E-state index < -0.39 is 37.2 Å². The lowest BCUT2D eigenvalue weighted by atomic mass is 9.97. The molecule has 186 valence electrons. The molecule has 0 radical (unpaired) electrons. The SMILES string of the molecule is [2H]C([2H])([2H])N1C(=O)c2cccc(OC(F)F)c2[C@H]2C[C@@H]1c1nc3ccc(C#CCCN4CC(C)(O)C4)cc3n12. The summed E-state index contributed by atoms with van der Waals surface area (Å²) < 4.78 is 57.6. The lowest BCUT2D eigenvalue weighted by molar-refractivity contribution is -0.0819. The Hall–Kier alpha value is -3.48. The molecule has 1 saturated heterocycles. The van der Waals surface area contributed by atoms with Crippen molar-refractivity contribution in [2.75, 3.05) is 26.6 Å². The predicted octanol–water partition coefficient (Wildman–Crippen LogP) is 3.57. The van der Waals surface area contributed by atoms with E-state index in [-0.39, 0.29) is 23.3 Å². The summed E-state index contributed by atoms with van der Waals surface area (Å²) in [6.45, 7) is -2.09. The van der Waals surface area contributed by atoms with E-state index in [0.717, 1.165) is 17.0 Å². The molecule has 1 aromatic heterocycles. The second-order valence-electron chi connectivity index (χ2n) is 9.84. The third kappa shape index (κ3) is 3.72. The number of β-amino-alcohol motifs (C(OH)–C–C–N with tert-alkyl or cyclic N) is 1. The molecule has 1 amide bonds. The van der Waals surface area contributed by atoms with Gasteiger partial charge in [0.2, 0.25) is 0 Å². The van der Waals surface area contributed by atoms with Crippen LogP contribution in [0.15, 0.2) is 36.4 Å². The lowest BCUT2D eigenvalue weighted by Crippen LogP contribution is -2.59. The molecule has 7 nitrogen and oxygen atoms in total. The summed E-state index contributed by atoms with van der Waals surface area (Å²) in [5.41, 5.74) is 1.59. The number of likely N-dealkylation sites (tertiary alicyclic amines) is 1. The highest BCUT2D eigenvalue weighted by Gasteiger charge is 2.45. The standard InChI is InChI=1S/C27H26F2N4O3/c1-27(35)14-32(15-27)11-4-3-6-16-9-10-18-19(12-16)33-20-13-21(24(33)30-18)31(2)25(34)17-7-5-8-22(23(17)20)36-26(28)29/h5,7-10,12,20-21,26,35H,4,11,13-15H2,1-2H3/t20-,21-/m1/s1/i2D3. The number of halogens is 2. The summed E-state index contributed by atoms with van der Waals surface area (Å²) in [5, 5.41) is 9.87. The number of aliphatic hydroxyl groups is 1. The fourth-order valence-corrected chi connectivity index (χ4v) is 5.64. The number of imidazole rings is 1. The van der Waals surface area contributed by atoms with E-state index in [4.69, 9.17) is 8.85 Å². The van der Waals surface area contributed by atoms with Crippen molar-refractivity contribution in [1.82, 2.24) is 19.4 Å². The van der Waals surface area contributed by atoms with Crippen molar-refractivity contribution in [3.05, 3.63) is 58.9 Å². The predicted molar refractivity (Wildman–Crippen MR) is 129 cm³/mol. The van der Waals surface area contributed by atoms with Gasteiger partial charge in [-0.15, -0.1) is 0 Å². The van der Waals surface area contributed by atoms with Gasteiger partial charge in [0.1, 0.15) is 11.6 Å².